The molecule has 0 radical (unpaired) electrons. The van der Waals surface area contributed by atoms with Gasteiger partial charge in [-0.05, 0) is 83.9 Å². The maximum Gasteiger partial charge on any atom is 0.166 e. The fraction of sp³-hybridized carbons (Fsp3) is 0. The van der Waals surface area contributed by atoms with Gasteiger partial charge in [0.1, 0.15) is 0 Å². The van der Waals surface area contributed by atoms with Gasteiger partial charge >= 0.3 is 0 Å². The summed E-state index contributed by atoms with van der Waals surface area (Å²) in [5.41, 5.74) is 15.8. The number of hydrogen-bond donors (Lipinski definition) is 0. The Morgan fingerprint density at radius 2 is 0.478 bits per heavy atom. The van der Waals surface area contributed by atoms with Crippen molar-refractivity contribution in [3.8, 4) is 125 Å². The second kappa shape index (κ2) is 22.8. The van der Waals surface area contributed by atoms with Gasteiger partial charge in [-0.15, -0.1) is 0 Å². The second-order valence-corrected chi connectivity index (χ2v) is 22.6. The van der Waals surface area contributed by atoms with Crippen LogP contribution in [-0.2, 0) is 0 Å². The normalized spacial score (nSPS) is 11.5. The van der Waals surface area contributed by atoms with Gasteiger partial charge < -0.3 is 9.13 Å². The first-order chi connectivity index (χ1) is 45.6. The van der Waals surface area contributed by atoms with Crippen LogP contribution in [0.15, 0.2) is 309 Å². The van der Waals surface area contributed by atoms with Crippen LogP contribution in [0.25, 0.3) is 169 Å². The molecule has 11 heteroatoms. The van der Waals surface area contributed by atoms with Gasteiger partial charge in [0.2, 0.25) is 0 Å². The minimum absolute atomic E-state index is 0.511. The molecule has 0 saturated heterocycles. The molecule has 0 amide bonds. The van der Waals surface area contributed by atoms with Gasteiger partial charge in [0, 0.05) is 77.3 Å². The van der Waals surface area contributed by atoms with Gasteiger partial charge in [0.15, 0.2) is 52.4 Å². The van der Waals surface area contributed by atoms with Crippen molar-refractivity contribution in [1.82, 2.24) is 54.0 Å². The summed E-state index contributed by atoms with van der Waals surface area (Å²) in [6.45, 7) is 0. The van der Waals surface area contributed by atoms with E-state index in [1.54, 1.807) is 0 Å². The number of para-hydroxylation sites is 2. The molecule has 0 bridgehead atoms. The van der Waals surface area contributed by atoms with Crippen molar-refractivity contribution < 1.29 is 0 Å². The van der Waals surface area contributed by atoms with Crippen molar-refractivity contribution in [2.45, 2.75) is 0 Å². The van der Waals surface area contributed by atoms with Crippen molar-refractivity contribution in [3.63, 3.8) is 0 Å². The number of nitrogens with zero attached hydrogens (tertiary/aromatic N) is 11. The Hall–Kier alpha value is -12.7. The van der Waals surface area contributed by atoms with Crippen LogP contribution in [0, 0.1) is 0 Å². The van der Waals surface area contributed by atoms with Crippen LogP contribution in [0.5, 0.6) is 0 Å². The highest BCUT2D eigenvalue weighted by Gasteiger charge is 2.24. The summed E-state index contributed by atoms with van der Waals surface area (Å²) in [5.74, 6) is 4.99. The van der Waals surface area contributed by atoms with Crippen molar-refractivity contribution in [3.05, 3.63) is 309 Å². The first kappa shape index (κ1) is 53.5. The summed E-state index contributed by atoms with van der Waals surface area (Å²) in [4.78, 5) is 47.1. The Balaban J connectivity index is 0.933. The Morgan fingerprint density at radius 1 is 0.174 bits per heavy atom. The molecule has 0 aliphatic heterocycles. The first-order valence-corrected chi connectivity index (χ1v) is 30.5. The number of hydrogen-bond acceptors (Lipinski definition) is 9. The summed E-state index contributed by atoms with van der Waals surface area (Å²) in [6.07, 6.45) is 0. The lowest BCUT2D eigenvalue weighted by molar-refractivity contribution is 1.06. The highest BCUT2D eigenvalue weighted by molar-refractivity contribution is 6.13. The van der Waals surface area contributed by atoms with Gasteiger partial charge in [-0.2, -0.15) is 0 Å². The summed E-state index contributed by atoms with van der Waals surface area (Å²) in [7, 11) is 0. The third-order valence-electron chi connectivity index (χ3n) is 16.9. The first-order valence-electron chi connectivity index (χ1n) is 30.5. The molecule has 5 aromatic heterocycles. The fourth-order valence-corrected chi connectivity index (χ4v) is 12.5. The monoisotopic (exact) mass is 1180 g/mol. The Labute approximate surface area is 529 Å². The molecule has 0 spiro atoms. The lowest BCUT2D eigenvalue weighted by atomic mass is 9.99. The van der Waals surface area contributed by atoms with Crippen molar-refractivity contribution in [2.75, 3.05) is 0 Å². The minimum atomic E-state index is 0.511. The molecule has 17 rings (SSSR count). The second-order valence-electron chi connectivity index (χ2n) is 22.6. The van der Waals surface area contributed by atoms with Crippen LogP contribution in [0.4, 0.5) is 0 Å². The topological polar surface area (TPSA) is 126 Å². The largest absolute Gasteiger partial charge is 0.309 e. The van der Waals surface area contributed by atoms with Crippen molar-refractivity contribution >= 4 is 43.6 Å². The van der Waals surface area contributed by atoms with Crippen LogP contribution >= 0.6 is 0 Å². The van der Waals surface area contributed by atoms with E-state index in [-0.39, 0.29) is 0 Å². The summed E-state index contributed by atoms with van der Waals surface area (Å²) < 4.78 is 4.69. The highest BCUT2D eigenvalue weighted by Crippen LogP contribution is 2.43. The quantitative estimate of drug-likeness (QED) is 0.118. The maximum absolute atomic E-state index is 5.45. The molecular weight excluding hydrogens is 1130 g/mol. The molecule has 92 heavy (non-hydrogen) atoms. The third-order valence-corrected chi connectivity index (χ3v) is 16.9. The molecule has 0 aliphatic carbocycles. The standard InChI is InChI=1S/C81H51N11/c1-8-24-52(25-9-1)73-82-74(53-26-10-2-11-27-53)86-79(85-73)60-42-46-69-65(49-60)66-50-61(80-87-75(54-28-12-3-13-29-54)83-76(88-80)55-30-14-4-15-31-55)43-47-70(66)92(69)71-45-41-58(59-40-44-64-63-38-22-23-39-68(63)91(72(64)51-59)62-36-20-7-21-37-62)48-67(71)81-89-77(56-32-16-5-17-33-56)84-78(90-81)57-34-18-6-19-35-57/h1-51H. The number of benzene rings is 12. The van der Waals surface area contributed by atoms with E-state index in [9.17, 15) is 0 Å². The predicted molar refractivity (Wildman–Crippen MR) is 370 cm³/mol. The number of fused-ring (bicyclic) bond motifs is 6. The zero-order chi connectivity index (χ0) is 60.9. The molecule has 0 fully saturated rings. The van der Waals surface area contributed by atoms with Crippen LogP contribution < -0.4 is 0 Å². The van der Waals surface area contributed by atoms with E-state index in [2.05, 4.69) is 137 Å². The average molecular weight is 1180 g/mol. The zero-order valence-electron chi connectivity index (χ0n) is 49.4. The van der Waals surface area contributed by atoms with E-state index >= 15 is 0 Å². The van der Waals surface area contributed by atoms with Crippen LogP contribution in [-0.4, -0.2) is 54.0 Å². The Morgan fingerprint density at radius 3 is 0.891 bits per heavy atom. The van der Waals surface area contributed by atoms with Crippen LogP contribution in [0.2, 0.25) is 0 Å². The van der Waals surface area contributed by atoms with Crippen molar-refractivity contribution in [1.29, 1.82) is 0 Å². The minimum Gasteiger partial charge on any atom is -0.309 e. The van der Waals surface area contributed by atoms with E-state index in [1.165, 1.54) is 10.8 Å². The summed E-state index contributed by atoms with van der Waals surface area (Å²) >= 11 is 0. The Kier molecular flexibility index (Phi) is 13.2. The lowest BCUT2D eigenvalue weighted by Gasteiger charge is -2.17. The van der Waals surface area contributed by atoms with E-state index in [0.29, 0.717) is 52.4 Å². The summed E-state index contributed by atoms with van der Waals surface area (Å²) in [6, 6.07) is 106. The average Bonchev–Trinajstić information content (AvgIpc) is 1.61. The van der Waals surface area contributed by atoms with Crippen molar-refractivity contribution in [2.24, 2.45) is 0 Å². The molecule has 0 unspecified atom stereocenters. The predicted octanol–water partition coefficient (Wildman–Crippen LogP) is 19.1. The Bertz CT molecular complexity index is 5250. The molecule has 12 aromatic carbocycles. The SMILES string of the molecule is c1ccc(-c2nc(-c3ccccc3)nc(-c3ccc4c(c3)c3cc(-c5nc(-c6ccccc6)nc(-c6ccccc6)n5)ccc3n4-c3ccc(-c4ccc5c6ccccc6n(-c6ccccc6)c5c4)cc3-c3nc(-c4ccccc4)nc(-c4ccccc4)n3)n2)cc1. The molecule has 11 nitrogen and oxygen atoms in total. The smallest absolute Gasteiger partial charge is 0.166 e. The van der Waals surface area contributed by atoms with Crippen LogP contribution in [0.3, 0.4) is 0 Å². The summed E-state index contributed by atoms with van der Waals surface area (Å²) in [5, 5.41) is 4.25. The molecule has 17 aromatic rings. The van der Waals surface area contributed by atoms with Gasteiger partial charge in [0.05, 0.1) is 27.8 Å². The van der Waals surface area contributed by atoms with E-state index < -0.39 is 0 Å². The van der Waals surface area contributed by atoms with E-state index in [0.717, 1.165) is 105 Å². The molecule has 430 valence electrons. The maximum atomic E-state index is 5.45. The van der Waals surface area contributed by atoms with E-state index in [4.69, 9.17) is 44.9 Å². The van der Waals surface area contributed by atoms with Gasteiger partial charge in [-0.1, -0.05) is 237 Å². The number of aromatic nitrogens is 11. The third kappa shape index (κ3) is 9.79. The molecule has 5 heterocycles. The molecule has 0 N–H and O–H groups in total. The van der Waals surface area contributed by atoms with Gasteiger partial charge in [-0.25, -0.2) is 44.9 Å². The molecule has 0 atom stereocenters. The van der Waals surface area contributed by atoms with Crippen LogP contribution in [0.1, 0.15) is 0 Å². The zero-order valence-corrected chi connectivity index (χ0v) is 49.4. The molecular formula is C81H51N11. The highest BCUT2D eigenvalue weighted by atomic mass is 15.1. The molecule has 0 saturated carbocycles. The number of rotatable bonds is 12. The molecule has 0 aliphatic rings. The lowest BCUT2D eigenvalue weighted by Crippen LogP contribution is -2.04. The van der Waals surface area contributed by atoms with E-state index in [1.807, 2.05) is 182 Å². The van der Waals surface area contributed by atoms with Gasteiger partial charge in [0.25, 0.3) is 0 Å². The van der Waals surface area contributed by atoms with Gasteiger partial charge in [-0.3, -0.25) is 0 Å². The fourth-order valence-electron chi connectivity index (χ4n) is 12.5.